The Labute approximate surface area is 148 Å². The number of nitro benzene ring substituents is 1. The van der Waals surface area contributed by atoms with E-state index in [1.807, 2.05) is 24.3 Å². The maximum atomic E-state index is 11.4. The van der Waals surface area contributed by atoms with Crippen LogP contribution in [0.3, 0.4) is 0 Å². The molecular weight excluding hydrogens is 328 g/mol. The average molecular weight is 340 g/mol. The van der Waals surface area contributed by atoms with Crippen LogP contribution >= 0.6 is 0 Å². The molecule has 124 valence electrons. The lowest BCUT2D eigenvalue weighted by molar-refractivity contribution is -0.385. The number of pyridine rings is 2. The first-order chi connectivity index (χ1) is 12.7. The number of fused-ring (bicyclic) bond motifs is 6. The van der Waals surface area contributed by atoms with Crippen LogP contribution < -0.4 is 0 Å². The number of aromatic nitrogens is 2. The molecule has 3 heterocycles. The molecule has 0 fully saturated rings. The summed E-state index contributed by atoms with van der Waals surface area (Å²) >= 11 is 0. The molecule has 2 aromatic carbocycles. The first kappa shape index (κ1) is 14.7. The van der Waals surface area contributed by atoms with E-state index in [9.17, 15) is 10.1 Å². The van der Waals surface area contributed by atoms with Gasteiger partial charge in [0, 0.05) is 35.7 Å². The lowest BCUT2D eigenvalue weighted by Gasteiger charge is -2.08. The SMILES string of the molecule is O=[N+]([O-])c1ccccc1C1=Nc2c(c3cccnc3c3ncccc23)C1. The molecule has 0 saturated carbocycles. The molecule has 0 unspecified atom stereocenters. The number of benzene rings is 2. The monoisotopic (exact) mass is 340 g/mol. The second kappa shape index (κ2) is 5.42. The maximum absolute atomic E-state index is 11.4. The van der Waals surface area contributed by atoms with Crippen LogP contribution in [0.25, 0.3) is 21.8 Å². The Morgan fingerprint density at radius 2 is 1.58 bits per heavy atom. The fourth-order valence-corrected chi connectivity index (χ4v) is 3.59. The third-order valence-corrected chi connectivity index (χ3v) is 4.71. The first-order valence-electron chi connectivity index (χ1n) is 8.19. The van der Waals surface area contributed by atoms with Crippen LogP contribution in [0.5, 0.6) is 0 Å². The van der Waals surface area contributed by atoms with Crippen molar-refractivity contribution < 1.29 is 4.92 Å². The Morgan fingerprint density at radius 1 is 0.885 bits per heavy atom. The molecule has 0 atom stereocenters. The highest BCUT2D eigenvalue weighted by atomic mass is 16.6. The van der Waals surface area contributed by atoms with Crippen LogP contribution in [0.4, 0.5) is 11.4 Å². The highest BCUT2D eigenvalue weighted by Gasteiger charge is 2.26. The third-order valence-electron chi connectivity index (χ3n) is 4.71. The summed E-state index contributed by atoms with van der Waals surface area (Å²) in [5, 5.41) is 13.3. The number of hydrogen-bond acceptors (Lipinski definition) is 5. The Bertz CT molecular complexity index is 1250. The van der Waals surface area contributed by atoms with Crippen molar-refractivity contribution in [2.24, 2.45) is 4.99 Å². The molecule has 0 spiro atoms. The second-order valence-electron chi connectivity index (χ2n) is 6.14. The zero-order valence-electron chi connectivity index (χ0n) is 13.6. The third kappa shape index (κ3) is 2.02. The standard InChI is InChI=1S/C20H12N4O2/c25-24(26)17-8-2-1-5-13(17)16-11-15-12-6-3-9-21-19(12)20-14(18(15)23-16)7-4-10-22-20/h1-10H,11H2. The normalized spacial score (nSPS) is 13.0. The van der Waals surface area contributed by atoms with Crippen LogP contribution in [-0.4, -0.2) is 20.6 Å². The Morgan fingerprint density at radius 3 is 2.35 bits per heavy atom. The molecule has 0 saturated heterocycles. The lowest BCUT2D eigenvalue weighted by atomic mass is 9.97. The topological polar surface area (TPSA) is 81.3 Å². The largest absolute Gasteiger partial charge is 0.278 e. The summed E-state index contributed by atoms with van der Waals surface area (Å²) in [4.78, 5) is 24.8. The molecule has 0 amide bonds. The minimum Gasteiger partial charge on any atom is -0.258 e. The maximum Gasteiger partial charge on any atom is 0.278 e. The zero-order chi connectivity index (χ0) is 17.7. The molecule has 5 rings (SSSR count). The minimum absolute atomic E-state index is 0.0731. The van der Waals surface area contributed by atoms with Crippen molar-refractivity contribution in [3.63, 3.8) is 0 Å². The van der Waals surface area contributed by atoms with E-state index in [0.29, 0.717) is 17.7 Å². The van der Waals surface area contributed by atoms with Gasteiger partial charge in [0.1, 0.15) is 0 Å². The smallest absolute Gasteiger partial charge is 0.258 e. The van der Waals surface area contributed by atoms with E-state index >= 15 is 0 Å². The molecule has 6 heteroatoms. The van der Waals surface area contributed by atoms with Crippen molar-refractivity contribution in [3.05, 3.63) is 82.2 Å². The number of nitrogens with zero attached hydrogens (tertiary/aromatic N) is 4. The van der Waals surface area contributed by atoms with Gasteiger partial charge in [-0.3, -0.25) is 25.1 Å². The van der Waals surface area contributed by atoms with Crippen LogP contribution in [0.2, 0.25) is 0 Å². The van der Waals surface area contributed by atoms with Crippen LogP contribution in [-0.2, 0) is 6.42 Å². The second-order valence-corrected chi connectivity index (χ2v) is 6.14. The fourth-order valence-electron chi connectivity index (χ4n) is 3.59. The van der Waals surface area contributed by atoms with Crippen molar-refractivity contribution in [1.82, 2.24) is 9.97 Å². The van der Waals surface area contributed by atoms with Crippen LogP contribution in [0.15, 0.2) is 65.9 Å². The number of rotatable bonds is 2. The van der Waals surface area contributed by atoms with Gasteiger partial charge in [-0.2, -0.15) is 0 Å². The summed E-state index contributed by atoms with van der Waals surface area (Å²) in [6.07, 6.45) is 4.03. The first-order valence-corrected chi connectivity index (χ1v) is 8.19. The average Bonchev–Trinajstić information content (AvgIpc) is 3.14. The van der Waals surface area contributed by atoms with Crippen LogP contribution in [0, 0.1) is 10.1 Å². The van der Waals surface area contributed by atoms with Crippen molar-refractivity contribution in [2.45, 2.75) is 6.42 Å². The molecule has 0 aliphatic carbocycles. The predicted molar refractivity (Wildman–Crippen MR) is 100 cm³/mol. The summed E-state index contributed by atoms with van der Waals surface area (Å²) in [5.74, 6) is 0. The summed E-state index contributed by atoms with van der Waals surface area (Å²) in [5.41, 5.74) is 4.85. The van der Waals surface area contributed by atoms with E-state index in [4.69, 9.17) is 4.99 Å². The minimum atomic E-state index is -0.361. The fraction of sp³-hybridized carbons (Fsp3) is 0.0500. The van der Waals surface area contributed by atoms with Crippen molar-refractivity contribution in [2.75, 3.05) is 0 Å². The van der Waals surface area contributed by atoms with E-state index in [1.165, 1.54) is 6.07 Å². The van der Waals surface area contributed by atoms with Gasteiger partial charge < -0.3 is 0 Å². The highest BCUT2D eigenvalue weighted by molar-refractivity contribution is 6.19. The van der Waals surface area contributed by atoms with Gasteiger partial charge >= 0.3 is 0 Å². The predicted octanol–water partition coefficient (Wildman–Crippen LogP) is 4.37. The van der Waals surface area contributed by atoms with E-state index < -0.39 is 0 Å². The molecular formula is C20H12N4O2. The molecule has 26 heavy (non-hydrogen) atoms. The van der Waals surface area contributed by atoms with E-state index in [-0.39, 0.29) is 10.6 Å². The Balaban J connectivity index is 1.81. The van der Waals surface area contributed by atoms with Gasteiger partial charge in [-0.15, -0.1) is 0 Å². The van der Waals surface area contributed by atoms with Crippen LogP contribution in [0.1, 0.15) is 11.1 Å². The van der Waals surface area contributed by atoms with E-state index in [1.54, 1.807) is 30.6 Å². The number of hydrogen-bond donors (Lipinski definition) is 0. The van der Waals surface area contributed by atoms with E-state index in [2.05, 4.69) is 9.97 Å². The molecule has 1 aliphatic heterocycles. The molecule has 1 aliphatic rings. The van der Waals surface area contributed by atoms with E-state index in [0.717, 1.165) is 33.1 Å². The van der Waals surface area contributed by atoms with Gasteiger partial charge in [0.15, 0.2) is 0 Å². The molecule has 0 N–H and O–H groups in total. The number of nitro groups is 1. The molecule has 4 aromatic rings. The molecule has 0 bridgehead atoms. The zero-order valence-corrected chi connectivity index (χ0v) is 13.6. The molecule has 2 aromatic heterocycles. The quantitative estimate of drug-likeness (QED) is 0.308. The summed E-state index contributed by atoms with van der Waals surface area (Å²) < 4.78 is 0. The molecule has 0 radical (unpaired) electrons. The van der Waals surface area contributed by atoms with Gasteiger partial charge in [0.25, 0.3) is 5.69 Å². The summed E-state index contributed by atoms with van der Waals surface area (Å²) in [7, 11) is 0. The van der Waals surface area contributed by atoms with Crippen molar-refractivity contribution >= 4 is 38.9 Å². The summed E-state index contributed by atoms with van der Waals surface area (Å²) in [6, 6.07) is 14.5. The lowest BCUT2D eigenvalue weighted by Crippen LogP contribution is -2.05. The molecule has 6 nitrogen and oxygen atoms in total. The van der Waals surface area contributed by atoms with Gasteiger partial charge in [0.05, 0.1) is 32.9 Å². The Kier molecular flexibility index (Phi) is 3.05. The van der Waals surface area contributed by atoms with Crippen molar-refractivity contribution in [1.29, 1.82) is 0 Å². The van der Waals surface area contributed by atoms with Gasteiger partial charge in [-0.1, -0.05) is 18.2 Å². The Hall–Kier alpha value is -3.67. The number of aliphatic imine (C=N–C) groups is 1. The number of para-hydroxylation sites is 1. The van der Waals surface area contributed by atoms with Gasteiger partial charge in [0.2, 0.25) is 0 Å². The summed E-state index contributed by atoms with van der Waals surface area (Å²) in [6.45, 7) is 0. The van der Waals surface area contributed by atoms with Crippen molar-refractivity contribution in [3.8, 4) is 0 Å². The highest BCUT2D eigenvalue weighted by Crippen LogP contribution is 2.41. The van der Waals surface area contributed by atoms with Gasteiger partial charge in [-0.05, 0) is 29.8 Å². The van der Waals surface area contributed by atoms with Gasteiger partial charge in [-0.25, -0.2) is 0 Å².